The second-order valence-electron chi connectivity index (χ2n) is 7.11. The number of carbonyl (C=O) groups is 1. The number of para-hydroxylation sites is 2. The molecule has 8 nitrogen and oxygen atoms in total. The average molecular weight is 418 g/mol. The van der Waals surface area contributed by atoms with Crippen LogP contribution >= 0.6 is 0 Å². The van der Waals surface area contributed by atoms with E-state index in [1.807, 2.05) is 25.1 Å². The zero-order chi connectivity index (χ0) is 20.6. The van der Waals surface area contributed by atoms with E-state index in [4.69, 9.17) is 14.2 Å². The van der Waals surface area contributed by atoms with Crippen molar-refractivity contribution in [2.75, 3.05) is 30.3 Å². The number of nitrogens with zero attached hydrogens (tertiary/aromatic N) is 1. The number of rotatable bonds is 4. The molecule has 1 amide bonds. The van der Waals surface area contributed by atoms with Crippen molar-refractivity contribution in [1.29, 1.82) is 0 Å². The molecule has 2 aromatic rings. The predicted molar refractivity (Wildman–Crippen MR) is 107 cm³/mol. The van der Waals surface area contributed by atoms with Gasteiger partial charge in [-0.3, -0.25) is 9.10 Å². The van der Waals surface area contributed by atoms with E-state index < -0.39 is 22.0 Å². The molecule has 2 aromatic carbocycles. The molecular formula is C20H22N2O6S. The van der Waals surface area contributed by atoms with Crippen molar-refractivity contribution >= 4 is 21.6 Å². The number of anilines is 1. The Hall–Kier alpha value is -2.94. The van der Waals surface area contributed by atoms with Crippen molar-refractivity contribution in [2.24, 2.45) is 0 Å². The molecule has 154 valence electrons. The SMILES string of the molecule is Cc1ccc2c(c1)O[C@@H](C(=O)NC[C@@H]1COc3ccccc3O1)CN2S(C)(=O)=O. The van der Waals surface area contributed by atoms with Gasteiger partial charge in [0.2, 0.25) is 10.0 Å². The number of nitrogens with one attached hydrogen (secondary N) is 1. The van der Waals surface area contributed by atoms with E-state index in [0.717, 1.165) is 11.8 Å². The van der Waals surface area contributed by atoms with E-state index in [9.17, 15) is 13.2 Å². The fourth-order valence-electron chi connectivity index (χ4n) is 3.30. The minimum Gasteiger partial charge on any atom is -0.486 e. The van der Waals surface area contributed by atoms with Gasteiger partial charge in [-0.05, 0) is 36.8 Å². The maximum absolute atomic E-state index is 12.7. The molecule has 0 bridgehead atoms. The molecule has 0 aromatic heterocycles. The summed E-state index contributed by atoms with van der Waals surface area (Å²) in [6, 6.07) is 12.5. The average Bonchev–Trinajstić information content (AvgIpc) is 2.70. The van der Waals surface area contributed by atoms with Gasteiger partial charge in [-0.25, -0.2) is 8.42 Å². The zero-order valence-electron chi connectivity index (χ0n) is 16.1. The summed E-state index contributed by atoms with van der Waals surface area (Å²) in [5.41, 5.74) is 1.34. The Morgan fingerprint density at radius 3 is 2.66 bits per heavy atom. The van der Waals surface area contributed by atoms with Crippen LogP contribution in [0.4, 0.5) is 5.69 Å². The molecule has 2 atom stereocenters. The summed E-state index contributed by atoms with van der Waals surface area (Å²) in [6.45, 7) is 2.30. The molecule has 1 N–H and O–H groups in total. The van der Waals surface area contributed by atoms with Gasteiger partial charge in [-0.1, -0.05) is 18.2 Å². The van der Waals surface area contributed by atoms with Crippen LogP contribution in [0, 0.1) is 6.92 Å². The number of ether oxygens (including phenoxy) is 3. The van der Waals surface area contributed by atoms with Gasteiger partial charge in [0.05, 0.1) is 25.0 Å². The fraction of sp³-hybridized carbons (Fsp3) is 0.350. The third kappa shape index (κ3) is 4.09. The minimum atomic E-state index is -3.56. The van der Waals surface area contributed by atoms with E-state index in [-0.39, 0.29) is 19.2 Å². The molecule has 0 spiro atoms. The first-order valence-electron chi connectivity index (χ1n) is 9.22. The largest absolute Gasteiger partial charge is 0.486 e. The van der Waals surface area contributed by atoms with Gasteiger partial charge in [-0.15, -0.1) is 0 Å². The van der Waals surface area contributed by atoms with Gasteiger partial charge in [0.25, 0.3) is 5.91 Å². The normalized spacial score (nSPS) is 20.4. The molecule has 2 aliphatic heterocycles. The van der Waals surface area contributed by atoms with Crippen LogP contribution in [0.1, 0.15) is 5.56 Å². The van der Waals surface area contributed by atoms with Gasteiger partial charge < -0.3 is 19.5 Å². The molecule has 2 heterocycles. The molecular weight excluding hydrogens is 396 g/mol. The number of fused-ring (bicyclic) bond motifs is 2. The van der Waals surface area contributed by atoms with Crippen LogP contribution in [0.25, 0.3) is 0 Å². The zero-order valence-corrected chi connectivity index (χ0v) is 16.9. The molecule has 29 heavy (non-hydrogen) atoms. The number of hydrogen-bond donors (Lipinski definition) is 1. The summed E-state index contributed by atoms with van der Waals surface area (Å²) in [6.07, 6.45) is -0.199. The summed E-state index contributed by atoms with van der Waals surface area (Å²) in [4.78, 5) is 12.7. The minimum absolute atomic E-state index is 0.0917. The van der Waals surface area contributed by atoms with Gasteiger partial charge in [0, 0.05) is 0 Å². The van der Waals surface area contributed by atoms with Gasteiger partial charge in [0.1, 0.15) is 18.5 Å². The highest BCUT2D eigenvalue weighted by Gasteiger charge is 2.35. The van der Waals surface area contributed by atoms with E-state index in [1.54, 1.807) is 24.3 Å². The van der Waals surface area contributed by atoms with Crippen LogP contribution in [0.2, 0.25) is 0 Å². The van der Waals surface area contributed by atoms with Crippen LogP contribution in [0.15, 0.2) is 42.5 Å². The summed E-state index contributed by atoms with van der Waals surface area (Å²) >= 11 is 0. The second-order valence-corrected chi connectivity index (χ2v) is 9.02. The monoisotopic (exact) mass is 418 g/mol. The smallest absolute Gasteiger partial charge is 0.263 e. The van der Waals surface area contributed by atoms with Crippen molar-refractivity contribution in [1.82, 2.24) is 5.32 Å². The first-order valence-corrected chi connectivity index (χ1v) is 11.1. The lowest BCUT2D eigenvalue weighted by atomic mass is 10.1. The summed E-state index contributed by atoms with van der Waals surface area (Å²) < 4.78 is 42.9. The molecule has 0 saturated carbocycles. The fourth-order valence-corrected chi connectivity index (χ4v) is 4.22. The lowest BCUT2D eigenvalue weighted by molar-refractivity contribution is -0.128. The summed E-state index contributed by atoms with van der Waals surface area (Å²) in [7, 11) is -3.56. The number of aryl methyl sites for hydroxylation is 1. The molecule has 4 rings (SSSR count). The lowest BCUT2D eigenvalue weighted by Crippen LogP contribution is -2.52. The maximum Gasteiger partial charge on any atom is 0.263 e. The van der Waals surface area contributed by atoms with E-state index >= 15 is 0 Å². The number of benzene rings is 2. The molecule has 2 aliphatic rings. The first kappa shape index (κ1) is 19.4. The standard InChI is InChI=1S/C20H22N2O6S/c1-13-7-8-15-18(9-13)28-19(11-22(15)29(2,24)25)20(23)21-10-14-12-26-16-5-3-4-6-17(16)27-14/h3-9,14,19H,10-12H2,1-2H3,(H,21,23)/t14-,19-/m1/s1. The van der Waals surface area contributed by atoms with Crippen molar-refractivity contribution in [3.05, 3.63) is 48.0 Å². The lowest BCUT2D eigenvalue weighted by Gasteiger charge is -2.34. The number of hydrogen-bond acceptors (Lipinski definition) is 6. The second kappa shape index (κ2) is 7.47. The van der Waals surface area contributed by atoms with Crippen LogP contribution in [0.3, 0.4) is 0 Å². The Labute approximate surface area is 169 Å². The van der Waals surface area contributed by atoms with Gasteiger partial charge in [0.15, 0.2) is 17.6 Å². The molecule has 0 radical (unpaired) electrons. The van der Waals surface area contributed by atoms with Crippen molar-refractivity contribution < 1.29 is 27.4 Å². The van der Waals surface area contributed by atoms with E-state index in [2.05, 4.69) is 5.32 Å². The molecule has 0 aliphatic carbocycles. The third-order valence-electron chi connectivity index (χ3n) is 4.75. The molecule has 9 heteroatoms. The topological polar surface area (TPSA) is 94.2 Å². The van der Waals surface area contributed by atoms with Crippen LogP contribution < -0.4 is 23.8 Å². The first-order chi connectivity index (χ1) is 13.8. The number of carbonyl (C=O) groups excluding carboxylic acids is 1. The Bertz CT molecular complexity index is 1040. The summed E-state index contributed by atoms with van der Waals surface area (Å²) in [5, 5.41) is 2.78. The van der Waals surface area contributed by atoms with Crippen LogP contribution in [-0.2, 0) is 14.8 Å². The molecule has 0 unspecified atom stereocenters. The van der Waals surface area contributed by atoms with Crippen molar-refractivity contribution in [3.8, 4) is 17.2 Å². The highest BCUT2D eigenvalue weighted by molar-refractivity contribution is 7.92. The Morgan fingerprint density at radius 1 is 1.14 bits per heavy atom. The highest BCUT2D eigenvalue weighted by atomic mass is 32.2. The maximum atomic E-state index is 12.7. The Morgan fingerprint density at radius 2 is 1.90 bits per heavy atom. The van der Waals surface area contributed by atoms with Gasteiger partial charge in [-0.2, -0.15) is 0 Å². The number of amides is 1. The Balaban J connectivity index is 1.44. The van der Waals surface area contributed by atoms with Gasteiger partial charge >= 0.3 is 0 Å². The number of sulfonamides is 1. The van der Waals surface area contributed by atoms with E-state index in [0.29, 0.717) is 29.5 Å². The van der Waals surface area contributed by atoms with Crippen LogP contribution in [-0.4, -0.2) is 52.5 Å². The predicted octanol–water partition coefficient (Wildman–Crippen LogP) is 1.48. The molecule has 0 saturated heterocycles. The quantitative estimate of drug-likeness (QED) is 0.808. The summed E-state index contributed by atoms with van der Waals surface area (Å²) in [5.74, 6) is 1.25. The molecule has 0 fully saturated rings. The van der Waals surface area contributed by atoms with Crippen molar-refractivity contribution in [3.63, 3.8) is 0 Å². The highest BCUT2D eigenvalue weighted by Crippen LogP contribution is 2.36. The van der Waals surface area contributed by atoms with Crippen LogP contribution in [0.5, 0.6) is 17.2 Å². The van der Waals surface area contributed by atoms with Crippen molar-refractivity contribution in [2.45, 2.75) is 19.1 Å². The van der Waals surface area contributed by atoms with E-state index in [1.165, 1.54) is 4.31 Å². The third-order valence-corrected chi connectivity index (χ3v) is 5.90. The Kier molecular flexibility index (Phi) is 4.99.